The summed E-state index contributed by atoms with van der Waals surface area (Å²) in [6.07, 6.45) is 0. The molecule has 0 atom stereocenters. The SMILES string of the molecule is CC(C)CN1CCN(c2cccc3c2C(=O)N(Cc2cccc(F)c2)C3=O)CC1. The summed E-state index contributed by atoms with van der Waals surface area (Å²) in [5, 5.41) is 0. The molecular formula is C23H26FN3O2. The summed E-state index contributed by atoms with van der Waals surface area (Å²) < 4.78 is 13.5. The molecule has 2 aromatic carbocycles. The van der Waals surface area contributed by atoms with E-state index in [1.807, 2.05) is 12.1 Å². The highest BCUT2D eigenvalue weighted by atomic mass is 19.1. The van der Waals surface area contributed by atoms with Gasteiger partial charge in [0.05, 0.1) is 23.4 Å². The van der Waals surface area contributed by atoms with Crippen LogP contribution < -0.4 is 4.90 Å². The maximum atomic E-state index is 13.5. The van der Waals surface area contributed by atoms with Gasteiger partial charge in [-0.25, -0.2) is 4.39 Å². The largest absolute Gasteiger partial charge is 0.368 e. The Hall–Kier alpha value is -2.73. The smallest absolute Gasteiger partial charge is 0.263 e. The van der Waals surface area contributed by atoms with Crippen molar-refractivity contribution in [1.82, 2.24) is 9.80 Å². The first-order valence-electron chi connectivity index (χ1n) is 10.1. The quantitative estimate of drug-likeness (QED) is 0.728. The number of imide groups is 1. The minimum absolute atomic E-state index is 0.0751. The van der Waals surface area contributed by atoms with Crippen molar-refractivity contribution in [1.29, 1.82) is 0 Å². The molecule has 152 valence electrons. The number of nitrogens with zero attached hydrogens (tertiary/aromatic N) is 3. The summed E-state index contributed by atoms with van der Waals surface area (Å²) in [7, 11) is 0. The fourth-order valence-electron chi connectivity index (χ4n) is 4.23. The Bertz CT molecular complexity index is 935. The van der Waals surface area contributed by atoms with Gasteiger partial charge in [0.25, 0.3) is 11.8 Å². The van der Waals surface area contributed by atoms with Gasteiger partial charge in [-0.3, -0.25) is 19.4 Å². The lowest BCUT2D eigenvalue weighted by Crippen LogP contribution is -2.47. The fraction of sp³-hybridized carbons (Fsp3) is 0.391. The van der Waals surface area contributed by atoms with E-state index in [2.05, 4.69) is 23.6 Å². The number of anilines is 1. The van der Waals surface area contributed by atoms with E-state index in [-0.39, 0.29) is 24.2 Å². The minimum Gasteiger partial charge on any atom is -0.368 e. The zero-order valence-electron chi connectivity index (χ0n) is 16.9. The van der Waals surface area contributed by atoms with Crippen molar-refractivity contribution in [3.8, 4) is 0 Å². The van der Waals surface area contributed by atoms with Crippen LogP contribution in [0.4, 0.5) is 10.1 Å². The van der Waals surface area contributed by atoms with Crippen LogP contribution in [0.5, 0.6) is 0 Å². The van der Waals surface area contributed by atoms with Gasteiger partial charge in [0.15, 0.2) is 0 Å². The summed E-state index contributed by atoms with van der Waals surface area (Å²) in [6, 6.07) is 11.5. The fourth-order valence-corrected chi connectivity index (χ4v) is 4.23. The Morgan fingerprint density at radius 2 is 1.69 bits per heavy atom. The van der Waals surface area contributed by atoms with E-state index in [1.54, 1.807) is 18.2 Å². The van der Waals surface area contributed by atoms with Crippen LogP contribution in [0.1, 0.15) is 40.1 Å². The second-order valence-electron chi connectivity index (χ2n) is 8.21. The molecule has 0 aromatic heterocycles. The maximum absolute atomic E-state index is 13.5. The van der Waals surface area contributed by atoms with Gasteiger partial charge in [0, 0.05) is 32.7 Å². The number of amides is 2. The van der Waals surface area contributed by atoms with E-state index in [0.29, 0.717) is 22.6 Å². The molecule has 2 amide bonds. The molecule has 4 rings (SSSR count). The maximum Gasteiger partial charge on any atom is 0.263 e. The number of halogens is 1. The molecule has 1 fully saturated rings. The van der Waals surface area contributed by atoms with Crippen LogP contribution in [0.25, 0.3) is 0 Å². The highest BCUT2D eigenvalue weighted by Gasteiger charge is 2.38. The molecule has 1 saturated heterocycles. The zero-order valence-corrected chi connectivity index (χ0v) is 16.9. The highest BCUT2D eigenvalue weighted by Crippen LogP contribution is 2.33. The Balaban J connectivity index is 1.55. The lowest BCUT2D eigenvalue weighted by molar-refractivity contribution is 0.0642. The normalized spacial score (nSPS) is 17.4. The molecule has 0 saturated carbocycles. The van der Waals surface area contributed by atoms with Crippen molar-refractivity contribution in [2.75, 3.05) is 37.6 Å². The zero-order chi connectivity index (χ0) is 20.5. The molecule has 0 bridgehead atoms. The number of hydrogen-bond donors (Lipinski definition) is 0. The Morgan fingerprint density at radius 1 is 0.966 bits per heavy atom. The first-order chi connectivity index (χ1) is 13.9. The topological polar surface area (TPSA) is 43.9 Å². The molecule has 5 nitrogen and oxygen atoms in total. The van der Waals surface area contributed by atoms with Crippen LogP contribution in [-0.2, 0) is 6.54 Å². The molecule has 0 N–H and O–H groups in total. The number of piperazine rings is 1. The summed E-state index contributed by atoms with van der Waals surface area (Å²) in [5.41, 5.74) is 2.34. The van der Waals surface area contributed by atoms with Crippen molar-refractivity contribution in [2.45, 2.75) is 20.4 Å². The van der Waals surface area contributed by atoms with Crippen LogP contribution in [0.3, 0.4) is 0 Å². The van der Waals surface area contributed by atoms with E-state index in [4.69, 9.17) is 0 Å². The van der Waals surface area contributed by atoms with Gasteiger partial charge in [-0.2, -0.15) is 0 Å². The molecular weight excluding hydrogens is 369 g/mol. The van der Waals surface area contributed by atoms with Gasteiger partial charge in [-0.15, -0.1) is 0 Å². The van der Waals surface area contributed by atoms with E-state index < -0.39 is 0 Å². The molecule has 2 aliphatic rings. The van der Waals surface area contributed by atoms with Crippen molar-refractivity contribution in [2.24, 2.45) is 5.92 Å². The van der Waals surface area contributed by atoms with E-state index in [9.17, 15) is 14.0 Å². The monoisotopic (exact) mass is 395 g/mol. The van der Waals surface area contributed by atoms with E-state index in [0.717, 1.165) is 38.4 Å². The van der Waals surface area contributed by atoms with Crippen molar-refractivity contribution >= 4 is 17.5 Å². The van der Waals surface area contributed by atoms with Gasteiger partial charge < -0.3 is 4.90 Å². The van der Waals surface area contributed by atoms with Gasteiger partial charge in [0.1, 0.15) is 5.82 Å². The first-order valence-corrected chi connectivity index (χ1v) is 10.1. The molecule has 6 heteroatoms. The summed E-state index contributed by atoms with van der Waals surface area (Å²) in [6.45, 7) is 9.12. The molecule has 0 unspecified atom stereocenters. The summed E-state index contributed by atoms with van der Waals surface area (Å²) >= 11 is 0. The predicted octanol–water partition coefficient (Wildman–Crippen LogP) is 3.40. The molecule has 0 aliphatic carbocycles. The summed E-state index contributed by atoms with van der Waals surface area (Å²) in [5.74, 6) is -0.360. The van der Waals surface area contributed by atoms with E-state index >= 15 is 0 Å². The number of carbonyl (C=O) groups is 2. The van der Waals surface area contributed by atoms with E-state index in [1.165, 1.54) is 17.0 Å². The lowest BCUT2D eigenvalue weighted by atomic mass is 10.1. The average molecular weight is 395 g/mol. The molecule has 2 aromatic rings. The van der Waals surface area contributed by atoms with Crippen LogP contribution >= 0.6 is 0 Å². The van der Waals surface area contributed by atoms with Gasteiger partial charge >= 0.3 is 0 Å². The van der Waals surface area contributed by atoms with Crippen LogP contribution in [-0.4, -0.2) is 54.3 Å². The molecule has 29 heavy (non-hydrogen) atoms. The number of hydrogen-bond acceptors (Lipinski definition) is 4. The van der Waals surface area contributed by atoms with Crippen LogP contribution in [0.2, 0.25) is 0 Å². The third-order valence-corrected chi connectivity index (χ3v) is 5.54. The second kappa shape index (κ2) is 7.95. The predicted molar refractivity (Wildman–Crippen MR) is 111 cm³/mol. The average Bonchev–Trinajstić information content (AvgIpc) is 2.93. The Labute approximate surface area is 170 Å². The lowest BCUT2D eigenvalue weighted by Gasteiger charge is -2.37. The Kier molecular flexibility index (Phi) is 5.37. The van der Waals surface area contributed by atoms with Crippen molar-refractivity contribution in [3.63, 3.8) is 0 Å². The van der Waals surface area contributed by atoms with Crippen molar-refractivity contribution < 1.29 is 14.0 Å². The standard InChI is InChI=1S/C23H26FN3O2/c1-16(2)14-25-9-11-26(12-10-25)20-8-4-7-19-21(20)23(29)27(22(19)28)15-17-5-3-6-18(24)13-17/h3-8,13,16H,9-12,14-15H2,1-2H3. The molecule has 0 spiro atoms. The molecule has 0 radical (unpaired) electrons. The van der Waals surface area contributed by atoms with Gasteiger partial charge in [0.2, 0.25) is 0 Å². The number of rotatable bonds is 5. The third-order valence-electron chi connectivity index (χ3n) is 5.54. The number of benzene rings is 2. The molecule has 2 heterocycles. The van der Waals surface area contributed by atoms with Crippen LogP contribution in [0.15, 0.2) is 42.5 Å². The van der Waals surface area contributed by atoms with Gasteiger partial charge in [-0.05, 0) is 35.7 Å². The van der Waals surface area contributed by atoms with Crippen LogP contribution in [0, 0.1) is 11.7 Å². The number of fused-ring (bicyclic) bond motifs is 1. The third kappa shape index (κ3) is 3.90. The Morgan fingerprint density at radius 3 is 2.38 bits per heavy atom. The number of carbonyl (C=O) groups excluding carboxylic acids is 2. The summed E-state index contributed by atoms with van der Waals surface area (Å²) in [4.78, 5) is 31.9. The molecule has 2 aliphatic heterocycles. The minimum atomic E-state index is -0.376. The highest BCUT2D eigenvalue weighted by molar-refractivity contribution is 6.23. The van der Waals surface area contributed by atoms with Gasteiger partial charge in [-0.1, -0.05) is 32.0 Å². The first kappa shape index (κ1) is 19.6. The van der Waals surface area contributed by atoms with Crippen molar-refractivity contribution in [3.05, 3.63) is 65.0 Å². The second-order valence-corrected chi connectivity index (χ2v) is 8.21.